The van der Waals surface area contributed by atoms with Crippen LogP contribution >= 0.6 is 0 Å². The van der Waals surface area contributed by atoms with Crippen LogP contribution in [0.2, 0.25) is 0 Å². The van der Waals surface area contributed by atoms with Crippen LogP contribution in [0.25, 0.3) is 0 Å². The fraction of sp³-hybridized carbons (Fsp3) is 0.467. The second kappa shape index (κ2) is 8.39. The zero-order valence-corrected chi connectivity index (χ0v) is 12.7. The number of aryl methyl sites for hydroxylation is 1. The van der Waals surface area contributed by atoms with E-state index < -0.39 is 0 Å². The highest BCUT2D eigenvalue weighted by molar-refractivity contribution is 5.97. The Bertz CT molecular complexity index is 499. The van der Waals surface area contributed by atoms with Gasteiger partial charge in [0, 0.05) is 31.5 Å². The van der Waals surface area contributed by atoms with Crippen LogP contribution in [0, 0.1) is 6.92 Å². The number of hydrogen-bond acceptors (Lipinski definition) is 4. The molecular weight excluding hydrogens is 270 g/mol. The lowest BCUT2D eigenvalue weighted by atomic mass is 10.1. The van der Waals surface area contributed by atoms with Crippen LogP contribution in [0.1, 0.15) is 29.3 Å². The molecule has 6 heteroatoms. The molecule has 0 bridgehead atoms. The van der Waals surface area contributed by atoms with Gasteiger partial charge in [0.15, 0.2) is 0 Å². The summed E-state index contributed by atoms with van der Waals surface area (Å²) < 4.78 is 5.08. The minimum atomic E-state index is -0.308. The molecule has 1 aromatic rings. The molecule has 0 aliphatic rings. The van der Waals surface area contributed by atoms with Crippen molar-refractivity contribution in [1.82, 2.24) is 5.32 Å². The Morgan fingerprint density at radius 3 is 2.67 bits per heavy atom. The number of ether oxygens (including phenoxy) is 1. The molecule has 116 valence electrons. The van der Waals surface area contributed by atoms with Crippen molar-refractivity contribution in [2.45, 2.75) is 26.4 Å². The highest BCUT2D eigenvalue weighted by atomic mass is 16.5. The molecule has 1 rings (SSSR count). The quantitative estimate of drug-likeness (QED) is 0.700. The number of nitrogens with one attached hydrogen (secondary N) is 2. The summed E-state index contributed by atoms with van der Waals surface area (Å²) in [5.41, 5.74) is 7.52. The van der Waals surface area contributed by atoms with Crippen molar-refractivity contribution in [3.05, 3.63) is 29.3 Å². The molecule has 21 heavy (non-hydrogen) atoms. The first-order valence-corrected chi connectivity index (χ1v) is 6.93. The first-order chi connectivity index (χ1) is 10.0. The maximum atomic E-state index is 12.0. The monoisotopic (exact) mass is 293 g/mol. The molecule has 0 heterocycles. The predicted octanol–water partition coefficient (Wildman–Crippen LogP) is 1.05. The molecule has 0 saturated heterocycles. The highest BCUT2D eigenvalue weighted by Crippen LogP contribution is 2.17. The summed E-state index contributed by atoms with van der Waals surface area (Å²) in [6.07, 6.45) is -0.130. The molecular formula is C15H23N3O3. The van der Waals surface area contributed by atoms with Gasteiger partial charge in [-0.15, -0.1) is 0 Å². The largest absolute Gasteiger partial charge is 0.380 e. The fourth-order valence-electron chi connectivity index (χ4n) is 1.83. The topological polar surface area (TPSA) is 93.5 Å². The van der Waals surface area contributed by atoms with E-state index in [1.54, 1.807) is 18.2 Å². The Labute approximate surface area is 125 Å². The zero-order chi connectivity index (χ0) is 15.8. The van der Waals surface area contributed by atoms with Crippen LogP contribution in [0.3, 0.4) is 0 Å². The first kappa shape index (κ1) is 17.1. The number of carbonyl (C=O) groups excluding carboxylic acids is 2. The van der Waals surface area contributed by atoms with Gasteiger partial charge in [0.25, 0.3) is 5.91 Å². The van der Waals surface area contributed by atoms with E-state index in [1.165, 1.54) is 7.11 Å². The molecule has 1 atom stereocenters. The van der Waals surface area contributed by atoms with Gasteiger partial charge in [-0.25, -0.2) is 0 Å². The summed E-state index contributed by atoms with van der Waals surface area (Å²) in [7, 11) is 1.52. The van der Waals surface area contributed by atoms with Crippen molar-refractivity contribution >= 4 is 17.5 Å². The van der Waals surface area contributed by atoms with Crippen LogP contribution in [-0.4, -0.2) is 38.1 Å². The van der Waals surface area contributed by atoms with Crippen LogP contribution in [0.4, 0.5) is 5.69 Å². The number of carbonyl (C=O) groups is 2. The molecule has 0 radical (unpaired) electrons. The summed E-state index contributed by atoms with van der Waals surface area (Å²) in [5.74, 6) is -0.354. The summed E-state index contributed by atoms with van der Waals surface area (Å²) in [6.45, 7) is 4.56. The van der Waals surface area contributed by atoms with E-state index in [0.717, 1.165) is 5.56 Å². The van der Waals surface area contributed by atoms with Crippen molar-refractivity contribution < 1.29 is 14.3 Å². The van der Waals surface area contributed by atoms with Gasteiger partial charge in [0.05, 0.1) is 12.5 Å². The van der Waals surface area contributed by atoms with Crippen molar-refractivity contribution in [2.24, 2.45) is 5.73 Å². The first-order valence-electron chi connectivity index (χ1n) is 6.93. The third-order valence-corrected chi connectivity index (χ3v) is 3.12. The zero-order valence-electron chi connectivity index (χ0n) is 12.7. The van der Waals surface area contributed by atoms with Gasteiger partial charge in [-0.2, -0.15) is 0 Å². The molecule has 0 spiro atoms. The third-order valence-electron chi connectivity index (χ3n) is 3.12. The minimum Gasteiger partial charge on any atom is -0.380 e. The number of amides is 2. The second-order valence-corrected chi connectivity index (χ2v) is 4.73. The van der Waals surface area contributed by atoms with Gasteiger partial charge in [0.1, 0.15) is 0 Å². The van der Waals surface area contributed by atoms with E-state index in [0.29, 0.717) is 17.8 Å². The van der Waals surface area contributed by atoms with Gasteiger partial charge in [0.2, 0.25) is 5.91 Å². The highest BCUT2D eigenvalue weighted by Gasteiger charge is 2.13. The van der Waals surface area contributed by atoms with E-state index in [1.807, 2.05) is 13.8 Å². The molecule has 0 saturated carbocycles. The summed E-state index contributed by atoms with van der Waals surface area (Å²) in [6, 6.07) is 5.20. The SMILES string of the molecule is CCNC(=O)c1ccc(C)c(NC(=O)CC(CN)OC)c1. The lowest BCUT2D eigenvalue weighted by Crippen LogP contribution is -2.28. The van der Waals surface area contributed by atoms with Crippen LogP contribution in [-0.2, 0) is 9.53 Å². The number of hydrogen-bond donors (Lipinski definition) is 3. The van der Waals surface area contributed by atoms with Crippen molar-refractivity contribution in [3.63, 3.8) is 0 Å². The third kappa shape index (κ3) is 5.17. The average Bonchev–Trinajstić information content (AvgIpc) is 2.47. The second-order valence-electron chi connectivity index (χ2n) is 4.73. The molecule has 0 aromatic heterocycles. The van der Waals surface area contributed by atoms with Crippen LogP contribution in [0.15, 0.2) is 18.2 Å². The number of anilines is 1. The van der Waals surface area contributed by atoms with Crippen LogP contribution < -0.4 is 16.4 Å². The normalized spacial score (nSPS) is 11.8. The Balaban J connectivity index is 2.80. The van der Waals surface area contributed by atoms with Gasteiger partial charge < -0.3 is 21.1 Å². The molecule has 0 fully saturated rings. The van der Waals surface area contributed by atoms with Gasteiger partial charge in [-0.05, 0) is 31.5 Å². The standard InChI is InChI=1S/C15H23N3O3/c1-4-17-15(20)11-6-5-10(2)13(7-11)18-14(19)8-12(9-16)21-3/h5-7,12H,4,8-9,16H2,1-3H3,(H,17,20)(H,18,19). The molecule has 0 aliphatic heterocycles. The van der Waals surface area contributed by atoms with E-state index in [9.17, 15) is 9.59 Å². The molecule has 1 aromatic carbocycles. The van der Waals surface area contributed by atoms with Crippen molar-refractivity contribution in [1.29, 1.82) is 0 Å². The van der Waals surface area contributed by atoms with E-state index in [-0.39, 0.29) is 30.9 Å². The maximum absolute atomic E-state index is 12.0. The summed E-state index contributed by atoms with van der Waals surface area (Å²) in [4.78, 5) is 23.8. The molecule has 4 N–H and O–H groups in total. The van der Waals surface area contributed by atoms with Gasteiger partial charge in [-0.1, -0.05) is 6.07 Å². The molecule has 0 aliphatic carbocycles. The summed E-state index contributed by atoms with van der Waals surface area (Å²) in [5, 5.41) is 5.52. The van der Waals surface area contributed by atoms with Gasteiger partial charge in [-0.3, -0.25) is 9.59 Å². The van der Waals surface area contributed by atoms with E-state index in [2.05, 4.69) is 10.6 Å². The van der Waals surface area contributed by atoms with E-state index in [4.69, 9.17) is 10.5 Å². The smallest absolute Gasteiger partial charge is 0.251 e. The van der Waals surface area contributed by atoms with Crippen molar-refractivity contribution in [3.8, 4) is 0 Å². The van der Waals surface area contributed by atoms with Crippen LogP contribution in [0.5, 0.6) is 0 Å². The lowest BCUT2D eigenvalue weighted by molar-refractivity contribution is -0.118. The number of rotatable bonds is 7. The summed E-state index contributed by atoms with van der Waals surface area (Å²) >= 11 is 0. The fourth-order valence-corrected chi connectivity index (χ4v) is 1.83. The lowest BCUT2D eigenvalue weighted by Gasteiger charge is -2.14. The predicted molar refractivity (Wildman–Crippen MR) is 82.3 cm³/mol. The Morgan fingerprint density at radius 1 is 1.38 bits per heavy atom. The number of benzene rings is 1. The minimum absolute atomic E-state index is 0.162. The Hall–Kier alpha value is -1.92. The van der Waals surface area contributed by atoms with Crippen molar-refractivity contribution in [2.75, 3.05) is 25.5 Å². The molecule has 6 nitrogen and oxygen atoms in total. The molecule has 1 unspecified atom stereocenters. The van der Waals surface area contributed by atoms with E-state index >= 15 is 0 Å². The Kier molecular flexibility index (Phi) is 6.84. The number of methoxy groups -OCH3 is 1. The average molecular weight is 293 g/mol. The molecule has 2 amide bonds. The Morgan fingerprint density at radius 2 is 2.10 bits per heavy atom. The maximum Gasteiger partial charge on any atom is 0.251 e. The van der Waals surface area contributed by atoms with Gasteiger partial charge >= 0.3 is 0 Å². The number of nitrogens with two attached hydrogens (primary N) is 1.